The summed E-state index contributed by atoms with van der Waals surface area (Å²) in [6, 6.07) is 8.02. The number of nitrogens with zero attached hydrogens (tertiary/aromatic N) is 4. The van der Waals surface area contributed by atoms with Crippen LogP contribution in [0.3, 0.4) is 0 Å². The molecule has 0 aliphatic heterocycles. The Morgan fingerprint density at radius 3 is 2.91 bits per heavy atom. The number of tetrazole rings is 1. The van der Waals surface area contributed by atoms with Crippen LogP contribution in [0.4, 0.5) is 0 Å². The van der Waals surface area contributed by atoms with E-state index in [0.29, 0.717) is 13.0 Å². The van der Waals surface area contributed by atoms with Gasteiger partial charge in [0, 0.05) is 23.1 Å². The minimum Gasteiger partial charge on any atom is -0.358 e. The number of rotatable bonds is 7. The lowest BCUT2D eigenvalue weighted by molar-refractivity contribution is 0.563. The molecule has 9 heteroatoms. The zero-order valence-corrected chi connectivity index (χ0v) is 13.5. The summed E-state index contributed by atoms with van der Waals surface area (Å²) < 4.78 is 28.0. The van der Waals surface area contributed by atoms with Crippen LogP contribution in [-0.4, -0.2) is 45.9 Å². The normalized spacial score (nSPS) is 12.0. The number of nitrogens with one attached hydrogen (secondary N) is 2. The lowest BCUT2D eigenvalue weighted by Crippen LogP contribution is -2.30. The van der Waals surface area contributed by atoms with Crippen molar-refractivity contribution >= 4 is 20.9 Å². The van der Waals surface area contributed by atoms with E-state index < -0.39 is 10.0 Å². The molecule has 0 unspecified atom stereocenters. The first-order chi connectivity index (χ1) is 11.1. The highest BCUT2D eigenvalue weighted by Crippen LogP contribution is 2.21. The molecule has 0 bridgehead atoms. The van der Waals surface area contributed by atoms with Gasteiger partial charge in [0.05, 0.1) is 12.3 Å². The molecule has 0 aliphatic carbocycles. The van der Waals surface area contributed by atoms with Crippen molar-refractivity contribution in [2.45, 2.75) is 19.9 Å². The second-order valence-electron chi connectivity index (χ2n) is 5.31. The number of para-hydroxylation sites is 1. The fourth-order valence-corrected chi connectivity index (χ4v) is 3.54. The van der Waals surface area contributed by atoms with Crippen molar-refractivity contribution in [1.29, 1.82) is 0 Å². The Balaban J connectivity index is 1.58. The molecule has 23 heavy (non-hydrogen) atoms. The molecule has 0 fully saturated rings. The van der Waals surface area contributed by atoms with Crippen LogP contribution in [-0.2, 0) is 23.0 Å². The molecule has 3 rings (SSSR count). The predicted octanol–water partition coefficient (Wildman–Crippen LogP) is 0.625. The van der Waals surface area contributed by atoms with Crippen LogP contribution in [0.2, 0.25) is 0 Å². The van der Waals surface area contributed by atoms with Crippen molar-refractivity contribution in [2.75, 3.05) is 12.3 Å². The van der Waals surface area contributed by atoms with Gasteiger partial charge in [-0.2, -0.15) is 0 Å². The molecule has 122 valence electrons. The number of aromatic amines is 1. The zero-order chi connectivity index (χ0) is 16.3. The van der Waals surface area contributed by atoms with Crippen molar-refractivity contribution in [1.82, 2.24) is 29.9 Å². The van der Waals surface area contributed by atoms with Crippen LogP contribution in [0.15, 0.2) is 30.6 Å². The Morgan fingerprint density at radius 1 is 1.30 bits per heavy atom. The lowest BCUT2D eigenvalue weighted by Gasteiger charge is -2.07. The van der Waals surface area contributed by atoms with Gasteiger partial charge in [0.1, 0.15) is 6.33 Å². The summed E-state index contributed by atoms with van der Waals surface area (Å²) in [5, 5.41) is 11.7. The molecule has 8 nitrogen and oxygen atoms in total. The van der Waals surface area contributed by atoms with Crippen molar-refractivity contribution < 1.29 is 8.42 Å². The molecule has 2 aromatic heterocycles. The van der Waals surface area contributed by atoms with Gasteiger partial charge in [-0.15, -0.1) is 5.10 Å². The van der Waals surface area contributed by atoms with Gasteiger partial charge in [-0.1, -0.05) is 18.2 Å². The lowest BCUT2D eigenvalue weighted by atomic mass is 10.1. The van der Waals surface area contributed by atoms with E-state index >= 15 is 0 Å². The predicted molar refractivity (Wildman–Crippen MR) is 86.3 cm³/mol. The summed E-state index contributed by atoms with van der Waals surface area (Å²) in [6.07, 6.45) is 2.03. The third-order valence-corrected chi connectivity index (χ3v) is 5.07. The highest BCUT2D eigenvalue weighted by atomic mass is 32.2. The summed E-state index contributed by atoms with van der Waals surface area (Å²) in [5.74, 6) is -0.0507. The summed E-state index contributed by atoms with van der Waals surface area (Å²) in [6.45, 7) is 2.59. The van der Waals surface area contributed by atoms with Crippen molar-refractivity contribution in [2.24, 2.45) is 0 Å². The molecule has 3 aromatic rings. The van der Waals surface area contributed by atoms with E-state index in [9.17, 15) is 8.42 Å². The van der Waals surface area contributed by atoms with E-state index in [4.69, 9.17) is 0 Å². The SMILES string of the molecule is Cc1[nH]c2ccccc2c1CCNS(=O)(=O)CCn1cnnn1. The van der Waals surface area contributed by atoms with Crippen LogP contribution >= 0.6 is 0 Å². The summed E-state index contributed by atoms with van der Waals surface area (Å²) >= 11 is 0. The van der Waals surface area contributed by atoms with Gasteiger partial charge < -0.3 is 4.98 Å². The van der Waals surface area contributed by atoms with Crippen LogP contribution in [0.1, 0.15) is 11.3 Å². The monoisotopic (exact) mass is 334 g/mol. The second kappa shape index (κ2) is 6.47. The number of fused-ring (bicyclic) bond motifs is 1. The second-order valence-corrected chi connectivity index (χ2v) is 7.24. The molecule has 0 aliphatic rings. The van der Waals surface area contributed by atoms with Gasteiger partial charge in [0.2, 0.25) is 10.0 Å². The van der Waals surface area contributed by atoms with Crippen molar-refractivity contribution in [3.05, 3.63) is 41.9 Å². The maximum absolute atomic E-state index is 12.0. The molecule has 0 saturated carbocycles. The number of hydrogen-bond donors (Lipinski definition) is 2. The summed E-state index contributed by atoms with van der Waals surface area (Å²) in [4.78, 5) is 3.32. The van der Waals surface area contributed by atoms with E-state index in [0.717, 1.165) is 22.2 Å². The Bertz CT molecular complexity index is 885. The minimum atomic E-state index is -3.35. The first-order valence-corrected chi connectivity index (χ1v) is 8.95. The third kappa shape index (κ3) is 3.74. The number of aromatic nitrogens is 5. The molecular weight excluding hydrogens is 316 g/mol. The highest BCUT2D eigenvalue weighted by Gasteiger charge is 2.12. The average Bonchev–Trinajstić information content (AvgIpc) is 3.14. The molecule has 2 N–H and O–H groups in total. The number of H-pyrrole nitrogens is 1. The first kappa shape index (κ1) is 15.6. The van der Waals surface area contributed by atoms with E-state index in [2.05, 4.69) is 25.2 Å². The summed E-state index contributed by atoms with van der Waals surface area (Å²) in [7, 11) is -3.35. The largest absolute Gasteiger partial charge is 0.358 e. The maximum atomic E-state index is 12.0. The quantitative estimate of drug-likeness (QED) is 0.659. The molecule has 2 heterocycles. The number of sulfonamides is 1. The Labute approximate surface area is 133 Å². The van der Waals surface area contributed by atoms with Crippen LogP contribution < -0.4 is 4.72 Å². The molecule has 1 aromatic carbocycles. The smallest absolute Gasteiger partial charge is 0.213 e. The fourth-order valence-electron chi connectivity index (χ4n) is 2.56. The van der Waals surface area contributed by atoms with E-state index in [1.54, 1.807) is 0 Å². The van der Waals surface area contributed by atoms with Crippen LogP contribution in [0, 0.1) is 6.92 Å². The van der Waals surface area contributed by atoms with Gasteiger partial charge in [-0.25, -0.2) is 17.8 Å². The standard InChI is InChI=1S/C14H18N6O2S/c1-11-12(13-4-2-3-5-14(13)17-11)6-7-16-23(21,22)9-8-20-10-15-18-19-20/h2-5,10,16-17H,6-9H2,1H3. The fraction of sp³-hybridized carbons (Fsp3) is 0.357. The van der Waals surface area contributed by atoms with Gasteiger partial charge >= 0.3 is 0 Å². The molecule has 0 saturated heterocycles. The van der Waals surface area contributed by atoms with Crippen LogP contribution in [0.25, 0.3) is 10.9 Å². The number of hydrogen-bond acceptors (Lipinski definition) is 5. The minimum absolute atomic E-state index is 0.0507. The Morgan fingerprint density at radius 2 is 2.13 bits per heavy atom. The van der Waals surface area contributed by atoms with Gasteiger partial charge in [-0.3, -0.25) is 0 Å². The van der Waals surface area contributed by atoms with Crippen molar-refractivity contribution in [3.63, 3.8) is 0 Å². The Kier molecular flexibility index (Phi) is 4.39. The topological polar surface area (TPSA) is 106 Å². The van der Waals surface area contributed by atoms with Gasteiger partial charge in [-0.05, 0) is 35.4 Å². The van der Waals surface area contributed by atoms with Gasteiger partial charge in [0.15, 0.2) is 0 Å². The van der Waals surface area contributed by atoms with E-state index in [1.807, 2.05) is 31.2 Å². The van der Waals surface area contributed by atoms with Crippen LogP contribution in [0.5, 0.6) is 0 Å². The number of benzene rings is 1. The Hall–Kier alpha value is -2.26. The molecular formula is C14H18N6O2S. The first-order valence-electron chi connectivity index (χ1n) is 7.29. The number of aryl methyl sites for hydroxylation is 2. The van der Waals surface area contributed by atoms with E-state index in [1.165, 1.54) is 11.0 Å². The van der Waals surface area contributed by atoms with E-state index in [-0.39, 0.29) is 12.3 Å². The zero-order valence-electron chi connectivity index (χ0n) is 12.7. The molecule has 0 amide bonds. The van der Waals surface area contributed by atoms with Gasteiger partial charge in [0.25, 0.3) is 0 Å². The average molecular weight is 334 g/mol. The molecule has 0 atom stereocenters. The van der Waals surface area contributed by atoms with Crippen molar-refractivity contribution in [3.8, 4) is 0 Å². The molecule has 0 spiro atoms. The third-order valence-electron chi connectivity index (χ3n) is 3.70. The summed E-state index contributed by atoms with van der Waals surface area (Å²) in [5.41, 5.74) is 3.28. The maximum Gasteiger partial charge on any atom is 0.213 e. The highest BCUT2D eigenvalue weighted by molar-refractivity contribution is 7.89. The molecule has 0 radical (unpaired) electrons.